The number of carbonyl (C=O) groups excluding carboxylic acids is 1. The van der Waals surface area contributed by atoms with Gasteiger partial charge >= 0.3 is 0 Å². The molecular weight excluding hydrogens is 228 g/mol. The van der Waals surface area contributed by atoms with Crippen molar-refractivity contribution in [3.05, 3.63) is 35.9 Å². The van der Waals surface area contributed by atoms with Crippen molar-refractivity contribution in [3.8, 4) is 0 Å². The summed E-state index contributed by atoms with van der Waals surface area (Å²) in [6.45, 7) is 3.90. The molecule has 1 heterocycles. The van der Waals surface area contributed by atoms with Gasteiger partial charge in [-0.25, -0.2) is 0 Å². The van der Waals surface area contributed by atoms with Crippen LogP contribution in [0.5, 0.6) is 0 Å². The van der Waals surface area contributed by atoms with Crippen molar-refractivity contribution < 1.29 is 9.53 Å². The minimum atomic E-state index is -0.985. The number of ether oxygens (including phenoxy) is 1. The van der Waals surface area contributed by atoms with E-state index in [1.54, 1.807) is 6.92 Å². The summed E-state index contributed by atoms with van der Waals surface area (Å²) >= 11 is 0. The van der Waals surface area contributed by atoms with Gasteiger partial charge in [0.15, 0.2) is 0 Å². The van der Waals surface area contributed by atoms with E-state index in [-0.39, 0.29) is 5.91 Å². The van der Waals surface area contributed by atoms with Crippen molar-refractivity contribution in [3.63, 3.8) is 0 Å². The molecule has 98 valence electrons. The Morgan fingerprint density at radius 3 is 2.83 bits per heavy atom. The van der Waals surface area contributed by atoms with Crippen LogP contribution >= 0.6 is 0 Å². The second-order valence-corrected chi connectivity index (χ2v) is 5.01. The number of hydrogen-bond acceptors (Lipinski definition) is 3. The molecule has 1 aromatic rings. The van der Waals surface area contributed by atoms with E-state index in [1.165, 1.54) is 0 Å². The van der Waals surface area contributed by atoms with Crippen LogP contribution in [0.25, 0.3) is 0 Å². The van der Waals surface area contributed by atoms with Crippen LogP contribution in [0, 0.1) is 5.92 Å². The highest BCUT2D eigenvalue weighted by atomic mass is 16.5. The molecule has 1 aromatic carbocycles. The van der Waals surface area contributed by atoms with E-state index in [0.717, 1.165) is 25.2 Å². The lowest BCUT2D eigenvalue weighted by Crippen LogP contribution is -2.50. The SMILES string of the molecule is CC(N)(C(=O)NCC1CCOC1)c1ccccc1. The first-order valence-corrected chi connectivity index (χ1v) is 6.31. The Bertz CT molecular complexity index is 398. The van der Waals surface area contributed by atoms with Crippen LogP contribution in [0.2, 0.25) is 0 Å². The number of hydrogen-bond donors (Lipinski definition) is 2. The van der Waals surface area contributed by atoms with Gasteiger partial charge in [0, 0.05) is 19.1 Å². The third-order valence-corrected chi connectivity index (χ3v) is 3.42. The quantitative estimate of drug-likeness (QED) is 0.836. The van der Waals surface area contributed by atoms with Crippen LogP contribution in [0.4, 0.5) is 0 Å². The van der Waals surface area contributed by atoms with Crippen molar-refractivity contribution in [2.45, 2.75) is 18.9 Å². The molecule has 18 heavy (non-hydrogen) atoms. The second kappa shape index (κ2) is 5.50. The lowest BCUT2D eigenvalue weighted by Gasteiger charge is -2.24. The number of rotatable bonds is 4. The molecule has 0 saturated carbocycles. The van der Waals surface area contributed by atoms with Crippen LogP contribution in [-0.4, -0.2) is 25.7 Å². The van der Waals surface area contributed by atoms with Gasteiger partial charge in [-0.05, 0) is 18.9 Å². The van der Waals surface area contributed by atoms with Crippen molar-refractivity contribution in [2.75, 3.05) is 19.8 Å². The molecule has 0 bridgehead atoms. The van der Waals surface area contributed by atoms with Crippen LogP contribution in [0.15, 0.2) is 30.3 Å². The van der Waals surface area contributed by atoms with E-state index >= 15 is 0 Å². The zero-order valence-corrected chi connectivity index (χ0v) is 10.7. The summed E-state index contributed by atoms with van der Waals surface area (Å²) < 4.78 is 5.28. The van der Waals surface area contributed by atoms with E-state index < -0.39 is 5.54 Å². The third kappa shape index (κ3) is 2.89. The summed E-state index contributed by atoms with van der Waals surface area (Å²) in [6, 6.07) is 9.43. The highest BCUT2D eigenvalue weighted by Crippen LogP contribution is 2.18. The summed E-state index contributed by atoms with van der Waals surface area (Å²) in [5.74, 6) is 0.279. The zero-order chi connectivity index (χ0) is 13.0. The van der Waals surface area contributed by atoms with E-state index in [1.807, 2.05) is 30.3 Å². The maximum atomic E-state index is 12.1. The normalized spacial score (nSPS) is 22.4. The molecule has 2 atom stereocenters. The number of carbonyl (C=O) groups is 1. The molecule has 1 aliphatic heterocycles. The third-order valence-electron chi connectivity index (χ3n) is 3.42. The molecule has 0 radical (unpaired) electrons. The molecule has 0 aromatic heterocycles. The van der Waals surface area contributed by atoms with Gasteiger partial charge in [0.2, 0.25) is 5.91 Å². The first-order valence-electron chi connectivity index (χ1n) is 6.31. The van der Waals surface area contributed by atoms with Crippen LogP contribution in [-0.2, 0) is 15.1 Å². The van der Waals surface area contributed by atoms with E-state index in [4.69, 9.17) is 10.5 Å². The Kier molecular flexibility index (Phi) is 3.99. The first kappa shape index (κ1) is 13.1. The Labute approximate surface area is 108 Å². The molecular formula is C14H20N2O2. The molecule has 3 N–H and O–H groups in total. The largest absolute Gasteiger partial charge is 0.381 e. The van der Waals surface area contributed by atoms with Gasteiger partial charge in [0.25, 0.3) is 0 Å². The van der Waals surface area contributed by atoms with E-state index in [0.29, 0.717) is 12.5 Å². The lowest BCUT2D eigenvalue weighted by molar-refractivity contribution is -0.126. The highest BCUT2D eigenvalue weighted by Gasteiger charge is 2.30. The van der Waals surface area contributed by atoms with Crippen molar-refractivity contribution >= 4 is 5.91 Å². The van der Waals surface area contributed by atoms with Crippen LogP contribution in [0.1, 0.15) is 18.9 Å². The van der Waals surface area contributed by atoms with Gasteiger partial charge in [-0.3, -0.25) is 4.79 Å². The number of amides is 1. The number of nitrogens with two attached hydrogens (primary N) is 1. The van der Waals surface area contributed by atoms with Crippen molar-refractivity contribution in [1.82, 2.24) is 5.32 Å². The first-order chi connectivity index (χ1) is 8.60. The average molecular weight is 248 g/mol. The Hall–Kier alpha value is -1.39. The number of benzene rings is 1. The second-order valence-electron chi connectivity index (χ2n) is 5.01. The van der Waals surface area contributed by atoms with Crippen molar-refractivity contribution in [2.24, 2.45) is 11.7 Å². The monoisotopic (exact) mass is 248 g/mol. The zero-order valence-electron chi connectivity index (χ0n) is 10.7. The Morgan fingerprint density at radius 2 is 2.22 bits per heavy atom. The van der Waals surface area contributed by atoms with Gasteiger partial charge in [0.05, 0.1) is 6.61 Å². The summed E-state index contributed by atoms with van der Waals surface area (Å²) in [5.41, 5.74) is 5.96. The molecule has 1 amide bonds. The van der Waals surface area contributed by atoms with Crippen LogP contribution in [0.3, 0.4) is 0 Å². The van der Waals surface area contributed by atoms with Crippen LogP contribution < -0.4 is 11.1 Å². The summed E-state index contributed by atoms with van der Waals surface area (Å²) in [4.78, 5) is 12.1. The summed E-state index contributed by atoms with van der Waals surface area (Å²) in [5, 5.41) is 2.92. The smallest absolute Gasteiger partial charge is 0.244 e. The molecule has 1 saturated heterocycles. The minimum Gasteiger partial charge on any atom is -0.381 e. The molecule has 4 nitrogen and oxygen atoms in total. The fourth-order valence-electron chi connectivity index (χ4n) is 2.08. The molecule has 1 fully saturated rings. The minimum absolute atomic E-state index is 0.138. The fraction of sp³-hybridized carbons (Fsp3) is 0.500. The molecule has 2 unspecified atom stereocenters. The average Bonchev–Trinajstić information content (AvgIpc) is 2.90. The van der Waals surface area contributed by atoms with Gasteiger partial charge < -0.3 is 15.8 Å². The Balaban J connectivity index is 1.94. The topological polar surface area (TPSA) is 64.4 Å². The highest BCUT2D eigenvalue weighted by molar-refractivity contribution is 5.86. The molecule has 2 rings (SSSR count). The van der Waals surface area contributed by atoms with Gasteiger partial charge in [-0.15, -0.1) is 0 Å². The maximum absolute atomic E-state index is 12.1. The summed E-state index contributed by atoms with van der Waals surface area (Å²) in [7, 11) is 0. The van der Waals surface area contributed by atoms with Crippen molar-refractivity contribution in [1.29, 1.82) is 0 Å². The standard InChI is InChI=1S/C14H20N2O2/c1-14(15,12-5-3-2-4-6-12)13(17)16-9-11-7-8-18-10-11/h2-6,11H,7-10,15H2,1H3,(H,16,17). The predicted molar refractivity (Wildman–Crippen MR) is 69.9 cm³/mol. The molecule has 0 aliphatic carbocycles. The van der Waals surface area contributed by atoms with Gasteiger partial charge in [-0.2, -0.15) is 0 Å². The van der Waals surface area contributed by atoms with E-state index in [2.05, 4.69) is 5.32 Å². The molecule has 0 spiro atoms. The Morgan fingerprint density at radius 1 is 1.50 bits per heavy atom. The van der Waals surface area contributed by atoms with E-state index in [9.17, 15) is 4.79 Å². The maximum Gasteiger partial charge on any atom is 0.244 e. The van der Waals surface area contributed by atoms with Gasteiger partial charge in [-0.1, -0.05) is 30.3 Å². The number of nitrogens with one attached hydrogen (secondary N) is 1. The molecule has 4 heteroatoms. The van der Waals surface area contributed by atoms with Gasteiger partial charge in [0.1, 0.15) is 5.54 Å². The molecule has 1 aliphatic rings. The lowest BCUT2D eigenvalue weighted by atomic mass is 9.92. The fourth-order valence-corrected chi connectivity index (χ4v) is 2.08. The predicted octanol–water partition coefficient (Wildman–Crippen LogP) is 1.01. The summed E-state index contributed by atoms with van der Waals surface area (Å²) in [6.07, 6.45) is 1.01.